The van der Waals surface area contributed by atoms with Gasteiger partial charge in [0.2, 0.25) is 0 Å². The van der Waals surface area contributed by atoms with Gasteiger partial charge in [-0.2, -0.15) is 5.10 Å². The molecule has 0 radical (unpaired) electrons. The molecule has 0 bridgehead atoms. The van der Waals surface area contributed by atoms with Crippen LogP contribution < -0.4 is 0 Å². The van der Waals surface area contributed by atoms with Gasteiger partial charge in [-0.3, -0.25) is 5.10 Å². The number of rotatable bonds is 0. The molecule has 0 saturated carbocycles. The van der Waals surface area contributed by atoms with Crippen LogP contribution >= 0.6 is 11.6 Å². The molecule has 0 fully saturated rings. The van der Waals surface area contributed by atoms with Crippen LogP contribution in [0.5, 0.6) is 0 Å². The fraction of sp³-hybridized carbons (Fsp3) is 0. The molecule has 2 aromatic heterocycles. The van der Waals surface area contributed by atoms with E-state index < -0.39 is 0 Å². The summed E-state index contributed by atoms with van der Waals surface area (Å²) in [4.78, 5) is 3.96. The van der Waals surface area contributed by atoms with Gasteiger partial charge in [-0.05, 0) is 12.1 Å². The molecule has 0 amide bonds. The summed E-state index contributed by atoms with van der Waals surface area (Å²) in [6.45, 7) is 0. The summed E-state index contributed by atoms with van der Waals surface area (Å²) in [6, 6.07) is 3.60. The van der Waals surface area contributed by atoms with Crippen LogP contribution in [-0.4, -0.2) is 15.2 Å². The summed E-state index contributed by atoms with van der Waals surface area (Å²) >= 11 is 5.61. The van der Waals surface area contributed by atoms with E-state index in [1.807, 2.05) is 6.07 Å². The van der Waals surface area contributed by atoms with Crippen molar-refractivity contribution in [3.05, 3.63) is 23.5 Å². The summed E-state index contributed by atoms with van der Waals surface area (Å²) < 4.78 is 0. The number of hydrogen-bond donors (Lipinski definition) is 1. The molecule has 0 saturated heterocycles. The van der Waals surface area contributed by atoms with Gasteiger partial charge >= 0.3 is 0 Å². The molecule has 2 aromatic rings. The Morgan fingerprint density at radius 2 is 2.30 bits per heavy atom. The molecule has 10 heavy (non-hydrogen) atoms. The lowest BCUT2D eigenvalue weighted by Gasteiger charge is -1.85. The fourth-order valence-corrected chi connectivity index (χ4v) is 0.944. The Morgan fingerprint density at radius 3 is 3.20 bits per heavy atom. The average Bonchev–Trinajstić information content (AvgIpc) is 2.33. The first kappa shape index (κ1) is 5.68. The largest absolute Gasteiger partial charge is 0.283 e. The first-order valence-electron chi connectivity index (χ1n) is 2.82. The molecule has 4 heteroatoms. The maximum atomic E-state index is 5.61. The Bertz CT molecular complexity index is 355. The number of hydrogen-bond acceptors (Lipinski definition) is 2. The van der Waals surface area contributed by atoms with Crippen LogP contribution in [-0.2, 0) is 0 Å². The van der Waals surface area contributed by atoms with E-state index >= 15 is 0 Å². The Labute approximate surface area is 62.0 Å². The summed E-state index contributed by atoms with van der Waals surface area (Å²) in [5.41, 5.74) is 0.660. The number of nitrogens with one attached hydrogen (secondary N) is 1. The van der Waals surface area contributed by atoms with Crippen LogP contribution in [0.2, 0.25) is 5.15 Å². The van der Waals surface area contributed by atoms with Gasteiger partial charge in [0, 0.05) is 11.6 Å². The number of fused-ring (bicyclic) bond motifs is 1. The number of H-pyrrole nitrogens is 1. The van der Waals surface area contributed by atoms with Crippen LogP contribution in [0.15, 0.2) is 18.3 Å². The van der Waals surface area contributed by atoms with Crippen molar-refractivity contribution in [2.45, 2.75) is 0 Å². The Balaban J connectivity index is 2.86. The fourth-order valence-electron chi connectivity index (χ4n) is 0.801. The van der Waals surface area contributed by atoms with Crippen molar-refractivity contribution in [1.29, 1.82) is 0 Å². The zero-order valence-corrected chi connectivity index (χ0v) is 5.76. The molecular weight excluding hydrogens is 150 g/mol. The van der Waals surface area contributed by atoms with Crippen molar-refractivity contribution in [3.63, 3.8) is 0 Å². The van der Waals surface area contributed by atoms with Crippen molar-refractivity contribution in [2.75, 3.05) is 0 Å². The third-order valence-corrected chi connectivity index (χ3v) is 1.47. The van der Waals surface area contributed by atoms with Gasteiger partial charge in [-0.25, -0.2) is 4.98 Å². The maximum absolute atomic E-state index is 5.61. The number of aromatic nitrogens is 3. The van der Waals surface area contributed by atoms with E-state index in [4.69, 9.17) is 11.6 Å². The first-order chi connectivity index (χ1) is 4.86. The predicted molar refractivity (Wildman–Crippen MR) is 38.9 cm³/mol. The molecule has 0 aliphatic rings. The van der Waals surface area contributed by atoms with E-state index in [1.54, 1.807) is 12.3 Å². The highest BCUT2D eigenvalue weighted by atomic mass is 35.5. The highest BCUT2D eigenvalue weighted by Gasteiger charge is 1.95. The van der Waals surface area contributed by atoms with Crippen LogP contribution in [0.3, 0.4) is 0 Å². The highest BCUT2D eigenvalue weighted by Crippen LogP contribution is 2.11. The molecule has 1 N–H and O–H groups in total. The van der Waals surface area contributed by atoms with Gasteiger partial charge in [0.15, 0.2) is 5.65 Å². The zero-order chi connectivity index (χ0) is 6.97. The van der Waals surface area contributed by atoms with Crippen LogP contribution in [0, 0.1) is 0 Å². The number of nitrogens with zero attached hydrogens (tertiary/aromatic N) is 2. The van der Waals surface area contributed by atoms with Crippen molar-refractivity contribution in [2.24, 2.45) is 0 Å². The van der Waals surface area contributed by atoms with E-state index in [1.165, 1.54) is 0 Å². The smallest absolute Gasteiger partial charge is 0.182 e. The lowest BCUT2D eigenvalue weighted by atomic mass is 10.4. The number of halogens is 1. The minimum absolute atomic E-state index is 0.472. The summed E-state index contributed by atoms with van der Waals surface area (Å²) in [6.07, 6.45) is 1.78. The van der Waals surface area contributed by atoms with E-state index in [9.17, 15) is 0 Å². The minimum Gasteiger partial charge on any atom is -0.283 e. The molecule has 50 valence electrons. The standard InChI is InChI=1S/C6H4ClN3/c7-5-2-1-4-3-8-10-6(4)9-5/h1-3H,(H,8,9,10). The zero-order valence-electron chi connectivity index (χ0n) is 5.00. The van der Waals surface area contributed by atoms with Crippen LogP contribution in [0.4, 0.5) is 0 Å². The second-order valence-corrected chi connectivity index (χ2v) is 2.32. The topological polar surface area (TPSA) is 41.6 Å². The second-order valence-electron chi connectivity index (χ2n) is 1.93. The monoisotopic (exact) mass is 153 g/mol. The minimum atomic E-state index is 0.472. The van der Waals surface area contributed by atoms with E-state index in [2.05, 4.69) is 15.2 Å². The van der Waals surface area contributed by atoms with Crippen LogP contribution in [0.25, 0.3) is 11.0 Å². The molecule has 0 aliphatic heterocycles. The molecule has 3 nitrogen and oxygen atoms in total. The highest BCUT2D eigenvalue weighted by molar-refractivity contribution is 6.29. The summed E-state index contributed by atoms with van der Waals surface area (Å²) in [5, 5.41) is 8.00. The van der Waals surface area contributed by atoms with Crippen molar-refractivity contribution in [3.8, 4) is 0 Å². The van der Waals surface area contributed by atoms with Gasteiger partial charge in [0.1, 0.15) is 5.15 Å². The molecule has 0 spiro atoms. The number of pyridine rings is 1. The number of aromatic amines is 1. The molecular formula is C6H4ClN3. The molecule has 0 aromatic carbocycles. The second kappa shape index (κ2) is 1.95. The van der Waals surface area contributed by atoms with Crippen molar-refractivity contribution in [1.82, 2.24) is 15.2 Å². The van der Waals surface area contributed by atoms with Gasteiger partial charge in [0.25, 0.3) is 0 Å². The van der Waals surface area contributed by atoms with Gasteiger partial charge in [-0.15, -0.1) is 0 Å². The van der Waals surface area contributed by atoms with Crippen molar-refractivity contribution >= 4 is 22.6 Å². The average molecular weight is 154 g/mol. The van der Waals surface area contributed by atoms with Crippen LogP contribution in [0.1, 0.15) is 0 Å². The lowest BCUT2D eigenvalue weighted by Crippen LogP contribution is -1.75. The summed E-state index contributed by atoms with van der Waals surface area (Å²) in [5.74, 6) is 0. The van der Waals surface area contributed by atoms with E-state index in [0.717, 1.165) is 5.39 Å². The quantitative estimate of drug-likeness (QED) is 0.585. The first-order valence-corrected chi connectivity index (χ1v) is 3.20. The lowest BCUT2D eigenvalue weighted by molar-refractivity contribution is 1.10. The predicted octanol–water partition coefficient (Wildman–Crippen LogP) is 1.61. The Kier molecular flexibility index (Phi) is 1.11. The normalized spacial score (nSPS) is 10.5. The SMILES string of the molecule is Clc1ccc2c[nH]nc2n1. The van der Waals surface area contributed by atoms with Crippen molar-refractivity contribution < 1.29 is 0 Å². The molecule has 0 atom stereocenters. The van der Waals surface area contributed by atoms with E-state index in [-0.39, 0.29) is 0 Å². The molecule has 2 heterocycles. The maximum Gasteiger partial charge on any atom is 0.182 e. The Hall–Kier alpha value is -1.09. The van der Waals surface area contributed by atoms with Gasteiger partial charge in [-0.1, -0.05) is 11.6 Å². The molecule has 0 unspecified atom stereocenters. The molecule has 2 rings (SSSR count). The van der Waals surface area contributed by atoms with Gasteiger partial charge < -0.3 is 0 Å². The molecule has 0 aliphatic carbocycles. The summed E-state index contributed by atoms with van der Waals surface area (Å²) in [7, 11) is 0. The van der Waals surface area contributed by atoms with Gasteiger partial charge in [0.05, 0.1) is 0 Å². The third kappa shape index (κ3) is 0.752. The third-order valence-electron chi connectivity index (χ3n) is 1.26. The van der Waals surface area contributed by atoms with E-state index in [0.29, 0.717) is 10.8 Å². The Morgan fingerprint density at radius 1 is 1.40 bits per heavy atom.